The molecule has 0 bridgehead atoms. The number of fused-ring (bicyclic) bond motifs is 2. The van der Waals surface area contributed by atoms with E-state index in [0.29, 0.717) is 49.8 Å². The molecule has 0 aromatic carbocycles. The van der Waals surface area contributed by atoms with Gasteiger partial charge in [0, 0.05) is 0 Å². The van der Waals surface area contributed by atoms with Gasteiger partial charge in [-0.3, -0.25) is 0 Å². The Bertz CT molecular complexity index is 781. The monoisotopic (exact) mass is 607 g/mol. The number of halogens is 1. The number of rotatable bonds is 9. The molecule has 0 radical (unpaired) electrons. The quantitative estimate of drug-likeness (QED) is 0.222. The van der Waals surface area contributed by atoms with Gasteiger partial charge in [0.25, 0.3) is 0 Å². The molecule has 0 N–H and O–H groups in total. The standard InChI is InChI=1S/C27H44IO7/c1-16(17-6-8-26(4)21(10-17)34-26)23-29-13-19(32-23)12-25(2,3)28-31-15-20-14-30-24(33-20)18-7-9-27(5)22(11-18)35-27/h16-24H,6-15H2,1-5H3/q-1. The molecule has 8 heteroatoms. The van der Waals surface area contributed by atoms with Crippen LogP contribution in [0.25, 0.3) is 0 Å². The number of hydrogen-bond acceptors (Lipinski definition) is 7. The van der Waals surface area contributed by atoms with Gasteiger partial charge in [-0.2, -0.15) is 0 Å². The molecule has 2 aliphatic carbocycles. The first-order chi connectivity index (χ1) is 16.6. The van der Waals surface area contributed by atoms with E-state index < -0.39 is 21.6 Å². The van der Waals surface area contributed by atoms with Crippen LogP contribution >= 0.6 is 0 Å². The van der Waals surface area contributed by atoms with Crippen molar-refractivity contribution in [3.8, 4) is 0 Å². The molecule has 0 spiro atoms. The molecule has 0 aromatic heterocycles. The van der Waals surface area contributed by atoms with Crippen LogP contribution in [0.1, 0.15) is 79.6 Å². The Kier molecular flexibility index (Phi) is 7.03. The van der Waals surface area contributed by atoms with Crippen molar-refractivity contribution < 1.29 is 53.1 Å². The van der Waals surface area contributed by atoms with E-state index >= 15 is 0 Å². The van der Waals surface area contributed by atoms with E-state index in [-0.39, 0.29) is 39.4 Å². The van der Waals surface area contributed by atoms with Crippen molar-refractivity contribution in [3.05, 3.63) is 0 Å². The van der Waals surface area contributed by atoms with Gasteiger partial charge in [0.05, 0.1) is 0 Å². The van der Waals surface area contributed by atoms with Crippen LogP contribution in [-0.2, 0) is 31.5 Å². The van der Waals surface area contributed by atoms with Gasteiger partial charge in [-0.05, 0) is 0 Å². The van der Waals surface area contributed by atoms with Crippen molar-refractivity contribution in [1.82, 2.24) is 0 Å². The molecule has 6 fully saturated rings. The van der Waals surface area contributed by atoms with Gasteiger partial charge in [-0.1, -0.05) is 0 Å². The molecule has 4 aliphatic heterocycles. The molecule has 2 saturated carbocycles. The minimum atomic E-state index is -0.452. The fourth-order valence-corrected chi connectivity index (χ4v) is 8.87. The van der Waals surface area contributed by atoms with E-state index in [1.165, 1.54) is 12.8 Å². The minimum absolute atomic E-state index is 0.0491. The summed E-state index contributed by atoms with van der Waals surface area (Å²) in [5.74, 6) is 1.51. The van der Waals surface area contributed by atoms with Crippen molar-refractivity contribution in [2.45, 2.75) is 131 Å². The topological polar surface area (TPSA) is 71.2 Å². The van der Waals surface area contributed by atoms with E-state index in [2.05, 4.69) is 34.6 Å². The van der Waals surface area contributed by atoms with Crippen LogP contribution in [0.4, 0.5) is 0 Å². The zero-order valence-electron chi connectivity index (χ0n) is 22.0. The van der Waals surface area contributed by atoms with Gasteiger partial charge in [-0.15, -0.1) is 0 Å². The van der Waals surface area contributed by atoms with E-state index in [9.17, 15) is 0 Å². The molecule has 35 heavy (non-hydrogen) atoms. The number of alkyl halides is 1. The Hall–Kier alpha value is 0.450. The predicted octanol–water partition coefficient (Wildman–Crippen LogP) is 1.21. The van der Waals surface area contributed by atoms with Crippen molar-refractivity contribution >= 4 is 0 Å². The van der Waals surface area contributed by atoms with Crippen LogP contribution in [0, 0.1) is 17.8 Å². The van der Waals surface area contributed by atoms with Crippen molar-refractivity contribution in [2.75, 3.05) is 19.8 Å². The number of epoxide rings is 2. The van der Waals surface area contributed by atoms with Gasteiger partial charge in [0.15, 0.2) is 0 Å². The Labute approximate surface area is 221 Å². The van der Waals surface area contributed by atoms with Crippen molar-refractivity contribution in [3.63, 3.8) is 0 Å². The molecular formula is C27H44IO7-. The molecule has 0 amide bonds. The average molecular weight is 608 g/mol. The summed E-state index contributed by atoms with van der Waals surface area (Å²) in [5, 5.41) is 0. The zero-order valence-corrected chi connectivity index (χ0v) is 24.2. The first-order valence-corrected chi connectivity index (χ1v) is 15.8. The van der Waals surface area contributed by atoms with E-state index in [4.69, 9.17) is 31.5 Å². The van der Waals surface area contributed by atoms with Crippen LogP contribution in [0.2, 0.25) is 0 Å². The summed E-state index contributed by atoms with van der Waals surface area (Å²) in [4.78, 5) is 0. The summed E-state index contributed by atoms with van der Waals surface area (Å²) in [6.07, 6.45) is 8.73. The molecule has 11 atom stereocenters. The Balaban J connectivity index is 0.888. The summed E-state index contributed by atoms with van der Waals surface area (Å²) in [7, 11) is 0. The second-order valence-electron chi connectivity index (χ2n) is 13.0. The molecule has 0 aromatic rings. The second-order valence-corrected chi connectivity index (χ2v) is 16.9. The zero-order chi connectivity index (χ0) is 24.4. The normalized spacial score (nSPS) is 50.1. The summed E-state index contributed by atoms with van der Waals surface area (Å²) >= 11 is -0.452. The van der Waals surface area contributed by atoms with Gasteiger partial charge >= 0.3 is 222 Å². The third kappa shape index (κ3) is 5.60. The Morgan fingerprint density at radius 1 is 0.943 bits per heavy atom. The summed E-state index contributed by atoms with van der Waals surface area (Å²) < 4.78 is 42.9. The average Bonchev–Trinajstić information content (AvgIpc) is 3.48. The Morgan fingerprint density at radius 2 is 1.66 bits per heavy atom. The molecule has 4 saturated heterocycles. The molecule has 6 rings (SSSR count). The number of ether oxygens (including phenoxy) is 6. The third-order valence-corrected chi connectivity index (χ3v) is 11.8. The number of hydrogen-bond donors (Lipinski definition) is 0. The molecule has 202 valence electrons. The van der Waals surface area contributed by atoms with Crippen LogP contribution in [-0.4, -0.2) is 71.4 Å². The third-order valence-electron chi connectivity index (χ3n) is 9.46. The SMILES string of the molecule is CC(C1CCC2(C)OC2C1)C1OCC(CC(C)(C)[I-]OCC2COC(C3CCC4(C)OC4C3)O2)O1. The van der Waals surface area contributed by atoms with Crippen LogP contribution in [0.15, 0.2) is 0 Å². The first kappa shape index (κ1) is 25.7. The van der Waals surface area contributed by atoms with Gasteiger partial charge < -0.3 is 0 Å². The summed E-state index contributed by atoms with van der Waals surface area (Å²) in [6, 6.07) is 0. The molecule has 11 unspecified atom stereocenters. The fourth-order valence-electron chi connectivity index (χ4n) is 6.77. The van der Waals surface area contributed by atoms with Crippen LogP contribution in [0.3, 0.4) is 0 Å². The van der Waals surface area contributed by atoms with Crippen molar-refractivity contribution in [1.29, 1.82) is 0 Å². The van der Waals surface area contributed by atoms with Crippen LogP contribution < -0.4 is 21.6 Å². The van der Waals surface area contributed by atoms with Crippen molar-refractivity contribution in [2.24, 2.45) is 17.8 Å². The maximum absolute atomic E-state index is 6.41. The molecule has 4 heterocycles. The van der Waals surface area contributed by atoms with E-state index in [1.807, 2.05) is 0 Å². The van der Waals surface area contributed by atoms with Gasteiger partial charge in [-0.25, -0.2) is 0 Å². The van der Waals surface area contributed by atoms with Gasteiger partial charge in [0.1, 0.15) is 0 Å². The molecule has 7 nitrogen and oxygen atoms in total. The van der Waals surface area contributed by atoms with Gasteiger partial charge in [0.2, 0.25) is 0 Å². The summed E-state index contributed by atoms with van der Waals surface area (Å²) in [5.41, 5.74) is 0.313. The van der Waals surface area contributed by atoms with E-state index in [0.717, 1.165) is 32.1 Å². The molecular weight excluding hydrogens is 563 g/mol. The van der Waals surface area contributed by atoms with Crippen LogP contribution in [0.5, 0.6) is 0 Å². The maximum atomic E-state index is 6.41. The predicted molar refractivity (Wildman–Crippen MR) is 124 cm³/mol. The fraction of sp³-hybridized carbons (Fsp3) is 1.00. The molecule has 6 aliphatic rings. The second kappa shape index (κ2) is 9.57. The first-order valence-electron chi connectivity index (χ1n) is 13.8. The summed E-state index contributed by atoms with van der Waals surface area (Å²) in [6.45, 7) is 13.3. The Morgan fingerprint density at radius 3 is 2.40 bits per heavy atom. The van der Waals surface area contributed by atoms with E-state index in [1.54, 1.807) is 0 Å².